The molecule has 1 aromatic rings. The first-order chi connectivity index (χ1) is 12.8. The molecule has 0 spiro atoms. The minimum atomic E-state index is 0.117. The highest BCUT2D eigenvalue weighted by molar-refractivity contribution is 5.27. The molecule has 26 heavy (non-hydrogen) atoms. The van der Waals surface area contributed by atoms with Gasteiger partial charge < -0.3 is 9.47 Å². The van der Waals surface area contributed by atoms with Gasteiger partial charge in [-0.3, -0.25) is 0 Å². The second-order valence-corrected chi connectivity index (χ2v) is 8.45. The second kappa shape index (κ2) is 10.5. The van der Waals surface area contributed by atoms with E-state index in [0.717, 1.165) is 24.9 Å². The summed E-state index contributed by atoms with van der Waals surface area (Å²) in [5, 5.41) is 0. The Morgan fingerprint density at radius 3 is 2.04 bits per heavy atom. The van der Waals surface area contributed by atoms with Gasteiger partial charge in [0, 0.05) is 0 Å². The molecular formula is C24H38O2. The summed E-state index contributed by atoms with van der Waals surface area (Å²) in [5.41, 5.74) is 2.81. The molecule has 1 aromatic carbocycles. The zero-order valence-corrected chi connectivity index (χ0v) is 16.9. The molecule has 146 valence electrons. The molecule has 1 aliphatic heterocycles. The maximum Gasteiger partial charge on any atom is 0.106 e. The van der Waals surface area contributed by atoms with E-state index >= 15 is 0 Å². The normalized spacial score (nSPS) is 29.6. The molecular weight excluding hydrogens is 320 g/mol. The van der Waals surface area contributed by atoms with Gasteiger partial charge in [-0.05, 0) is 55.1 Å². The Hall–Kier alpha value is -0.860. The Morgan fingerprint density at radius 1 is 0.769 bits per heavy atom. The molecule has 0 N–H and O–H groups in total. The van der Waals surface area contributed by atoms with Crippen LogP contribution >= 0.6 is 0 Å². The van der Waals surface area contributed by atoms with Gasteiger partial charge >= 0.3 is 0 Å². The summed E-state index contributed by atoms with van der Waals surface area (Å²) in [5.74, 6) is 1.75. The van der Waals surface area contributed by atoms with Gasteiger partial charge in [0.1, 0.15) is 6.10 Å². The number of hydrogen-bond donors (Lipinski definition) is 0. The molecule has 1 saturated heterocycles. The standard InChI is InChI=1S/C24H38O2/c1-3-5-7-19-9-11-20(12-10-19)21-13-15-22(16-14-21)24-18-25-23(17-26-24)8-6-4-2/h13-16,19-20,23-24H,3-12,17-18H2,1-2H3. The molecule has 1 saturated carbocycles. The number of rotatable bonds is 8. The quantitative estimate of drug-likeness (QED) is 0.509. The molecule has 0 radical (unpaired) electrons. The highest BCUT2D eigenvalue weighted by Crippen LogP contribution is 2.38. The summed E-state index contributed by atoms with van der Waals surface area (Å²) in [6.45, 7) is 5.98. The van der Waals surface area contributed by atoms with Gasteiger partial charge in [-0.25, -0.2) is 0 Å². The van der Waals surface area contributed by atoms with Gasteiger partial charge in [0.15, 0.2) is 0 Å². The van der Waals surface area contributed by atoms with E-state index in [9.17, 15) is 0 Å². The predicted octanol–water partition coefficient (Wildman–Crippen LogP) is 6.80. The lowest BCUT2D eigenvalue weighted by Gasteiger charge is -2.31. The van der Waals surface area contributed by atoms with Crippen LogP contribution in [0.5, 0.6) is 0 Å². The average molecular weight is 359 g/mol. The summed E-state index contributed by atoms with van der Waals surface area (Å²) >= 11 is 0. The van der Waals surface area contributed by atoms with Gasteiger partial charge in [0.2, 0.25) is 0 Å². The Morgan fingerprint density at radius 2 is 1.42 bits per heavy atom. The first kappa shape index (κ1) is 19.9. The topological polar surface area (TPSA) is 18.5 Å². The Kier molecular flexibility index (Phi) is 8.01. The number of hydrogen-bond acceptors (Lipinski definition) is 2. The fraction of sp³-hybridized carbons (Fsp3) is 0.750. The van der Waals surface area contributed by atoms with Crippen molar-refractivity contribution in [2.75, 3.05) is 13.2 Å². The van der Waals surface area contributed by atoms with Gasteiger partial charge in [-0.2, -0.15) is 0 Å². The van der Waals surface area contributed by atoms with Gasteiger partial charge in [0.25, 0.3) is 0 Å². The maximum atomic E-state index is 6.09. The Bertz CT molecular complexity index is 446. The average Bonchev–Trinajstić information content (AvgIpc) is 2.72. The fourth-order valence-corrected chi connectivity index (χ4v) is 4.59. The molecule has 2 nitrogen and oxygen atoms in total. The SMILES string of the molecule is CCCCC1CCC(c2ccc(C3COC(CCCC)CO3)cc2)CC1. The third kappa shape index (κ3) is 5.57. The predicted molar refractivity (Wildman–Crippen MR) is 109 cm³/mol. The van der Waals surface area contributed by atoms with Crippen molar-refractivity contribution >= 4 is 0 Å². The lowest BCUT2D eigenvalue weighted by atomic mass is 9.77. The van der Waals surface area contributed by atoms with Crippen molar-refractivity contribution in [2.45, 2.75) is 96.2 Å². The van der Waals surface area contributed by atoms with Crippen LogP contribution in [-0.2, 0) is 9.47 Å². The number of unbranched alkanes of at least 4 members (excludes halogenated alkanes) is 2. The van der Waals surface area contributed by atoms with Crippen LogP contribution in [0.15, 0.2) is 24.3 Å². The minimum Gasteiger partial charge on any atom is -0.373 e. The van der Waals surface area contributed by atoms with E-state index in [0.29, 0.717) is 12.7 Å². The second-order valence-electron chi connectivity index (χ2n) is 8.45. The molecule has 2 fully saturated rings. The highest BCUT2D eigenvalue weighted by atomic mass is 16.6. The van der Waals surface area contributed by atoms with E-state index in [1.54, 1.807) is 0 Å². The van der Waals surface area contributed by atoms with Gasteiger partial charge in [-0.1, -0.05) is 70.2 Å². The van der Waals surface area contributed by atoms with Crippen LogP contribution in [0.1, 0.15) is 101 Å². The smallest absolute Gasteiger partial charge is 0.106 e. The van der Waals surface area contributed by atoms with E-state index in [1.807, 2.05) is 0 Å². The van der Waals surface area contributed by atoms with E-state index in [2.05, 4.69) is 38.1 Å². The van der Waals surface area contributed by atoms with Crippen LogP contribution in [0.25, 0.3) is 0 Å². The van der Waals surface area contributed by atoms with Crippen molar-refractivity contribution in [3.05, 3.63) is 35.4 Å². The van der Waals surface area contributed by atoms with Crippen LogP contribution in [0.3, 0.4) is 0 Å². The van der Waals surface area contributed by atoms with Crippen molar-refractivity contribution in [3.8, 4) is 0 Å². The molecule has 2 aliphatic rings. The fourth-order valence-electron chi connectivity index (χ4n) is 4.59. The van der Waals surface area contributed by atoms with Gasteiger partial charge in [0.05, 0.1) is 19.3 Å². The van der Waals surface area contributed by atoms with E-state index in [-0.39, 0.29) is 6.10 Å². The summed E-state index contributed by atoms with van der Waals surface area (Å²) < 4.78 is 12.1. The van der Waals surface area contributed by atoms with Crippen molar-refractivity contribution in [1.82, 2.24) is 0 Å². The molecule has 2 heteroatoms. The minimum absolute atomic E-state index is 0.117. The molecule has 0 amide bonds. The summed E-state index contributed by atoms with van der Waals surface area (Å²) in [4.78, 5) is 0. The lowest BCUT2D eigenvalue weighted by molar-refractivity contribution is -0.137. The monoisotopic (exact) mass is 358 g/mol. The van der Waals surface area contributed by atoms with Crippen LogP contribution in [0.4, 0.5) is 0 Å². The number of ether oxygens (including phenoxy) is 2. The van der Waals surface area contributed by atoms with Crippen molar-refractivity contribution in [1.29, 1.82) is 0 Å². The molecule has 0 aromatic heterocycles. The largest absolute Gasteiger partial charge is 0.373 e. The van der Waals surface area contributed by atoms with Crippen molar-refractivity contribution in [3.63, 3.8) is 0 Å². The van der Waals surface area contributed by atoms with Crippen LogP contribution < -0.4 is 0 Å². The van der Waals surface area contributed by atoms with Crippen LogP contribution in [0.2, 0.25) is 0 Å². The third-order valence-electron chi connectivity index (χ3n) is 6.44. The van der Waals surface area contributed by atoms with E-state index < -0.39 is 0 Å². The van der Waals surface area contributed by atoms with Crippen LogP contribution in [-0.4, -0.2) is 19.3 Å². The summed E-state index contributed by atoms with van der Waals surface area (Å²) in [6.07, 6.45) is 13.8. The lowest BCUT2D eigenvalue weighted by Crippen LogP contribution is -2.31. The highest BCUT2D eigenvalue weighted by Gasteiger charge is 2.25. The molecule has 2 unspecified atom stereocenters. The Labute approximate surface area is 160 Å². The van der Waals surface area contributed by atoms with Gasteiger partial charge in [-0.15, -0.1) is 0 Å². The zero-order chi connectivity index (χ0) is 18.2. The molecule has 2 atom stereocenters. The first-order valence-electron chi connectivity index (χ1n) is 11.1. The third-order valence-corrected chi connectivity index (χ3v) is 6.44. The maximum absolute atomic E-state index is 6.09. The van der Waals surface area contributed by atoms with Crippen molar-refractivity contribution < 1.29 is 9.47 Å². The Balaban J connectivity index is 1.46. The zero-order valence-electron chi connectivity index (χ0n) is 16.9. The summed E-state index contributed by atoms with van der Waals surface area (Å²) in [6, 6.07) is 9.25. The van der Waals surface area contributed by atoms with E-state index in [1.165, 1.54) is 68.9 Å². The molecule has 3 rings (SSSR count). The first-order valence-corrected chi connectivity index (χ1v) is 11.1. The summed E-state index contributed by atoms with van der Waals surface area (Å²) in [7, 11) is 0. The van der Waals surface area contributed by atoms with E-state index in [4.69, 9.17) is 9.47 Å². The van der Waals surface area contributed by atoms with Crippen LogP contribution in [0, 0.1) is 5.92 Å². The number of benzene rings is 1. The molecule has 0 bridgehead atoms. The van der Waals surface area contributed by atoms with Crippen molar-refractivity contribution in [2.24, 2.45) is 5.92 Å². The molecule has 1 aliphatic carbocycles. The molecule has 1 heterocycles.